The molecule has 7 nitrogen and oxygen atoms in total. The van der Waals surface area contributed by atoms with Gasteiger partial charge in [-0.3, -0.25) is 4.79 Å². The number of allylic oxidation sites excluding steroid dienone is 1. The van der Waals surface area contributed by atoms with Crippen molar-refractivity contribution in [2.24, 2.45) is 18.9 Å². The number of aryl methyl sites for hydroxylation is 1. The lowest BCUT2D eigenvalue weighted by molar-refractivity contribution is -0.149. The summed E-state index contributed by atoms with van der Waals surface area (Å²) in [5.74, 6) is 0.506. The summed E-state index contributed by atoms with van der Waals surface area (Å²) in [5.41, 5.74) is 4.30. The van der Waals surface area contributed by atoms with Gasteiger partial charge in [0, 0.05) is 25.6 Å². The summed E-state index contributed by atoms with van der Waals surface area (Å²) in [4.78, 5) is 11.6. The number of phenolic OH excluding ortho intramolecular Hbond substituents is 1. The molecule has 2 aromatic carbocycles. The van der Waals surface area contributed by atoms with Crippen LogP contribution in [0, 0.1) is 11.8 Å². The zero-order chi connectivity index (χ0) is 24.0. The van der Waals surface area contributed by atoms with Crippen LogP contribution in [0.1, 0.15) is 31.7 Å². The number of hydrogen-bond donors (Lipinski definition) is 1. The van der Waals surface area contributed by atoms with Gasteiger partial charge < -0.3 is 14.4 Å². The molecular formula is C26H27BrN4O3. The van der Waals surface area contributed by atoms with Crippen molar-refractivity contribution in [3.63, 3.8) is 0 Å². The van der Waals surface area contributed by atoms with E-state index in [1.54, 1.807) is 4.68 Å². The van der Waals surface area contributed by atoms with E-state index in [1.807, 2.05) is 43.5 Å². The van der Waals surface area contributed by atoms with E-state index >= 15 is 0 Å². The Balaban J connectivity index is 1.62. The molecule has 0 aliphatic heterocycles. The monoisotopic (exact) mass is 522 g/mol. The first kappa shape index (κ1) is 22.7. The van der Waals surface area contributed by atoms with Gasteiger partial charge in [-0.25, -0.2) is 4.68 Å². The van der Waals surface area contributed by atoms with Crippen LogP contribution in [-0.2, 0) is 23.0 Å². The van der Waals surface area contributed by atoms with Gasteiger partial charge >= 0.3 is 5.97 Å². The Morgan fingerprint density at radius 1 is 1.29 bits per heavy atom. The number of ether oxygens (including phenoxy) is 1. The molecule has 1 aliphatic rings. The molecule has 0 radical (unpaired) electrons. The van der Waals surface area contributed by atoms with Crippen LogP contribution in [0.3, 0.4) is 0 Å². The Hall–Kier alpha value is -3.13. The number of halogens is 1. The number of benzene rings is 2. The second kappa shape index (κ2) is 8.91. The number of carbonyl (C=O) groups excluding carboxylic acids is 1. The SMILES string of the molecule is C=CC1CC(Cc2cn(C)c3cc(Br)c(O)c(-n4nnc5ccccc54)c23)CC(OC(C)=O)C1. The molecule has 1 fully saturated rings. The third-order valence-corrected chi connectivity index (χ3v) is 7.40. The van der Waals surface area contributed by atoms with E-state index < -0.39 is 0 Å². The highest BCUT2D eigenvalue weighted by atomic mass is 79.9. The van der Waals surface area contributed by atoms with Crippen LogP contribution in [0.15, 0.2) is 53.7 Å². The normalized spacial score (nSPS) is 20.6. The van der Waals surface area contributed by atoms with Gasteiger partial charge in [-0.2, -0.15) is 0 Å². The number of hydrogen-bond acceptors (Lipinski definition) is 5. The number of aromatic hydroxyl groups is 1. The molecule has 0 bridgehead atoms. The topological polar surface area (TPSA) is 82.2 Å². The van der Waals surface area contributed by atoms with Crippen molar-refractivity contribution in [1.82, 2.24) is 19.6 Å². The predicted octanol–water partition coefficient (Wildman–Crippen LogP) is 5.46. The minimum atomic E-state index is -0.242. The zero-order valence-corrected chi connectivity index (χ0v) is 20.8. The number of aromatic nitrogens is 4. The molecular weight excluding hydrogens is 496 g/mol. The lowest BCUT2D eigenvalue weighted by Gasteiger charge is -2.33. The van der Waals surface area contributed by atoms with E-state index in [0.29, 0.717) is 22.0 Å². The first-order valence-corrected chi connectivity index (χ1v) is 12.2. The molecule has 0 spiro atoms. The van der Waals surface area contributed by atoms with Crippen molar-refractivity contribution in [3.05, 3.63) is 59.2 Å². The van der Waals surface area contributed by atoms with E-state index in [0.717, 1.165) is 53.2 Å². The maximum absolute atomic E-state index is 11.6. The quantitative estimate of drug-likeness (QED) is 0.278. The minimum Gasteiger partial charge on any atom is -0.505 e. The fourth-order valence-electron chi connectivity index (χ4n) is 5.40. The van der Waals surface area contributed by atoms with Crippen LogP contribution < -0.4 is 0 Å². The highest BCUT2D eigenvalue weighted by molar-refractivity contribution is 9.10. The van der Waals surface area contributed by atoms with Crippen molar-refractivity contribution in [2.45, 2.75) is 38.7 Å². The maximum Gasteiger partial charge on any atom is 0.302 e. The third-order valence-electron chi connectivity index (χ3n) is 6.79. The molecule has 2 heterocycles. The molecule has 3 unspecified atom stereocenters. The van der Waals surface area contributed by atoms with Crippen molar-refractivity contribution < 1.29 is 14.6 Å². The minimum absolute atomic E-state index is 0.101. The standard InChI is InChI=1S/C26H27BrN4O3/c1-4-16-9-17(12-19(11-16)34-15(2)32)10-18-14-30(3)23-13-20(27)26(33)25(24(18)23)31-22-8-6-5-7-21(22)28-29-31/h4-8,13-14,16-17,19,33H,1,9-12H2,2-3H3. The Bertz CT molecular complexity index is 1410. The number of fused-ring (bicyclic) bond motifs is 2. The van der Waals surface area contributed by atoms with E-state index in [9.17, 15) is 9.90 Å². The number of para-hydroxylation sites is 1. The first-order chi connectivity index (χ1) is 16.4. The van der Waals surface area contributed by atoms with Crippen molar-refractivity contribution in [3.8, 4) is 11.4 Å². The Morgan fingerprint density at radius 3 is 2.85 bits per heavy atom. The lowest BCUT2D eigenvalue weighted by Crippen LogP contribution is -2.30. The van der Waals surface area contributed by atoms with Gasteiger partial charge in [0.05, 0.1) is 15.5 Å². The van der Waals surface area contributed by atoms with Gasteiger partial charge in [-0.05, 0) is 77.2 Å². The molecule has 0 saturated heterocycles. The van der Waals surface area contributed by atoms with Gasteiger partial charge in [0.25, 0.3) is 0 Å². The Kier molecular flexibility index (Phi) is 5.93. The Labute approximate surface area is 206 Å². The predicted molar refractivity (Wildman–Crippen MR) is 135 cm³/mol. The molecule has 1 N–H and O–H groups in total. The lowest BCUT2D eigenvalue weighted by atomic mass is 9.77. The van der Waals surface area contributed by atoms with E-state index in [1.165, 1.54) is 6.92 Å². The molecule has 2 aromatic heterocycles. The average molecular weight is 523 g/mol. The molecule has 4 aromatic rings. The van der Waals surface area contributed by atoms with Crippen LogP contribution >= 0.6 is 15.9 Å². The highest BCUT2D eigenvalue weighted by Gasteiger charge is 2.31. The maximum atomic E-state index is 11.6. The second-order valence-corrected chi connectivity index (χ2v) is 10.1. The van der Waals surface area contributed by atoms with E-state index in [2.05, 4.69) is 43.6 Å². The van der Waals surface area contributed by atoms with Crippen LogP contribution in [0.4, 0.5) is 0 Å². The largest absolute Gasteiger partial charge is 0.505 e. The number of carbonyl (C=O) groups is 1. The summed E-state index contributed by atoms with van der Waals surface area (Å²) >= 11 is 3.52. The molecule has 1 aliphatic carbocycles. The van der Waals surface area contributed by atoms with Gasteiger partial charge in [0.15, 0.2) is 5.75 Å². The number of phenols is 1. The fourth-order valence-corrected chi connectivity index (χ4v) is 5.80. The summed E-state index contributed by atoms with van der Waals surface area (Å²) in [6.07, 6.45) is 7.40. The summed E-state index contributed by atoms with van der Waals surface area (Å²) in [6.45, 7) is 5.46. The van der Waals surface area contributed by atoms with Gasteiger partial charge in [0.1, 0.15) is 17.3 Å². The second-order valence-electron chi connectivity index (χ2n) is 9.21. The van der Waals surface area contributed by atoms with Crippen molar-refractivity contribution in [1.29, 1.82) is 0 Å². The number of esters is 1. The zero-order valence-electron chi connectivity index (χ0n) is 19.2. The molecule has 8 heteroatoms. The summed E-state index contributed by atoms with van der Waals surface area (Å²) < 4.78 is 9.98. The van der Waals surface area contributed by atoms with Crippen LogP contribution in [0.2, 0.25) is 0 Å². The fraction of sp³-hybridized carbons (Fsp3) is 0.346. The smallest absolute Gasteiger partial charge is 0.302 e. The number of nitrogens with zero attached hydrogens (tertiary/aromatic N) is 4. The Morgan fingerprint density at radius 2 is 2.09 bits per heavy atom. The van der Waals surface area contributed by atoms with Crippen LogP contribution in [0.25, 0.3) is 27.6 Å². The van der Waals surface area contributed by atoms with E-state index in [4.69, 9.17) is 4.74 Å². The van der Waals surface area contributed by atoms with E-state index in [-0.39, 0.29) is 17.8 Å². The van der Waals surface area contributed by atoms with Crippen molar-refractivity contribution in [2.75, 3.05) is 0 Å². The molecule has 0 amide bonds. The van der Waals surface area contributed by atoms with Gasteiger partial charge in [0.2, 0.25) is 0 Å². The van der Waals surface area contributed by atoms with Crippen molar-refractivity contribution >= 4 is 43.8 Å². The van der Waals surface area contributed by atoms with Gasteiger partial charge in [-0.1, -0.05) is 23.4 Å². The summed E-state index contributed by atoms with van der Waals surface area (Å²) in [7, 11) is 2.01. The molecule has 3 atom stereocenters. The molecule has 5 rings (SSSR count). The van der Waals surface area contributed by atoms with Crippen LogP contribution in [0.5, 0.6) is 5.75 Å². The molecule has 1 saturated carbocycles. The molecule has 34 heavy (non-hydrogen) atoms. The molecule has 176 valence electrons. The highest BCUT2D eigenvalue weighted by Crippen LogP contribution is 2.42. The summed E-state index contributed by atoms with van der Waals surface area (Å²) in [6, 6.07) is 9.65. The first-order valence-electron chi connectivity index (χ1n) is 11.5. The average Bonchev–Trinajstić information content (AvgIpc) is 3.35. The summed E-state index contributed by atoms with van der Waals surface area (Å²) in [5, 5.41) is 20.8. The third kappa shape index (κ3) is 4.00. The number of rotatable bonds is 5. The van der Waals surface area contributed by atoms with Gasteiger partial charge in [-0.15, -0.1) is 11.7 Å². The van der Waals surface area contributed by atoms with Crippen LogP contribution in [-0.4, -0.2) is 36.7 Å².